The van der Waals surface area contributed by atoms with E-state index in [0.29, 0.717) is 35.5 Å². The van der Waals surface area contributed by atoms with Crippen LogP contribution in [0.3, 0.4) is 0 Å². The van der Waals surface area contributed by atoms with Crippen LogP contribution in [0.25, 0.3) is 22.8 Å². The molecule has 0 amide bonds. The van der Waals surface area contributed by atoms with E-state index in [4.69, 9.17) is 15.2 Å². The Morgan fingerprint density at radius 3 is 1.50 bits per heavy atom. The highest BCUT2D eigenvalue weighted by atomic mass is 15.3. The molecular weight excluding hydrogens is 418 g/mol. The molecule has 0 N–H and O–H groups in total. The van der Waals surface area contributed by atoms with Gasteiger partial charge in [0.2, 0.25) is 0 Å². The molecule has 0 bridgehead atoms. The van der Waals surface area contributed by atoms with E-state index in [-0.39, 0.29) is 0 Å². The summed E-state index contributed by atoms with van der Waals surface area (Å²) in [6, 6.07) is 6.40. The standard InChI is InChI=1S/C29H41N5/c1-16(2)20-14-12-18(5)24-26(31-33(7)28(20)24)22-10-9-11-23(30-22)27-25-19(6)13-15-21(17(3)4)29(25)34(8)32-27/h9-11,16-21H,12-15H2,1-8H3/t18-,19-,20+,21+/m1/s1. The highest BCUT2D eigenvalue weighted by Crippen LogP contribution is 2.47. The lowest BCUT2D eigenvalue weighted by Gasteiger charge is -2.30. The van der Waals surface area contributed by atoms with Gasteiger partial charge in [-0.3, -0.25) is 9.36 Å². The molecule has 5 rings (SSSR count). The van der Waals surface area contributed by atoms with Crippen LogP contribution in [0.4, 0.5) is 0 Å². The Morgan fingerprint density at radius 2 is 1.12 bits per heavy atom. The number of hydrogen-bond donors (Lipinski definition) is 0. The number of nitrogens with zero attached hydrogens (tertiary/aromatic N) is 5. The Bertz CT molecular complexity index is 1110. The first kappa shape index (κ1) is 23.3. The summed E-state index contributed by atoms with van der Waals surface area (Å²) in [4.78, 5) is 5.21. The van der Waals surface area contributed by atoms with Gasteiger partial charge in [0.05, 0.1) is 11.4 Å². The van der Waals surface area contributed by atoms with Crippen LogP contribution in [0.2, 0.25) is 0 Å². The molecule has 3 heterocycles. The van der Waals surface area contributed by atoms with Crippen molar-refractivity contribution in [2.45, 2.75) is 90.9 Å². The Labute approximate surface area is 205 Å². The molecule has 0 saturated carbocycles. The van der Waals surface area contributed by atoms with Crippen molar-refractivity contribution in [2.75, 3.05) is 0 Å². The van der Waals surface area contributed by atoms with E-state index >= 15 is 0 Å². The minimum Gasteiger partial charge on any atom is -0.271 e. The minimum absolute atomic E-state index is 0.508. The Hall–Kier alpha value is -2.43. The maximum atomic E-state index is 5.21. The fourth-order valence-electron chi connectivity index (χ4n) is 6.75. The van der Waals surface area contributed by atoms with E-state index in [9.17, 15) is 0 Å². The highest BCUT2D eigenvalue weighted by molar-refractivity contribution is 5.68. The third-order valence-corrected chi connectivity index (χ3v) is 8.61. The number of rotatable bonds is 4. The number of hydrogen-bond acceptors (Lipinski definition) is 3. The number of fused-ring (bicyclic) bond motifs is 2. The first-order chi connectivity index (χ1) is 16.2. The Balaban J connectivity index is 1.63. The molecule has 5 nitrogen and oxygen atoms in total. The van der Waals surface area contributed by atoms with Gasteiger partial charge in [0.1, 0.15) is 11.4 Å². The first-order valence-electron chi connectivity index (χ1n) is 13.3. The summed E-state index contributed by atoms with van der Waals surface area (Å²) in [5.41, 5.74) is 9.74. The maximum Gasteiger partial charge on any atom is 0.114 e. The quantitative estimate of drug-likeness (QED) is 0.416. The molecule has 2 aliphatic carbocycles. The lowest BCUT2D eigenvalue weighted by molar-refractivity contribution is 0.390. The van der Waals surface area contributed by atoms with Crippen molar-refractivity contribution in [2.24, 2.45) is 25.9 Å². The predicted octanol–water partition coefficient (Wildman–Crippen LogP) is 7.16. The summed E-state index contributed by atoms with van der Waals surface area (Å²) in [7, 11) is 4.23. The third-order valence-electron chi connectivity index (χ3n) is 8.61. The fraction of sp³-hybridized carbons (Fsp3) is 0.621. The van der Waals surface area contributed by atoms with Gasteiger partial charge >= 0.3 is 0 Å². The SMILES string of the molecule is CC(C)[C@@H]1CC[C@@H](C)c2c(-c3cccc(-c4nn(C)c5c4[C@H](C)CC[C@H]5C(C)C)n3)nn(C)c21. The average Bonchev–Trinajstić information content (AvgIpc) is 3.33. The molecule has 182 valence electrons. The monoisotopic (exact) mass is 459 g/mol. The van der Waals surface area contributed by atoms with Crippen molar-refractivity contribution in [3.05, 3.63) is 40.7 Å². The second kappa shape index (κ2) is 8.66. The van der Waals surface area contributed by atoms with Crippen molar-refractivity contribution in [1.29, 1.82) is 0 Å². The molecule has 4 atom stereocenters. The van der Waals surface area contributed by atoms with E-state index in [1.807, 2.05) is 0 Å². The predicted molar refractivity (Wildman–Crippen MR) is 139 cm³/mol. The molecule has 3 aromatic heterocycles. The van der Waals surface area contributed by atoms with Crippen LogP contribution >= 0.6 is 0 Å². The molecule has 0 fully saturated rings. The van der Waals surface area contributed by atoms with Crippen molar-refractivity contribution < 1.29 is 0 Å². The van der Waals surface area contributed by atoms with Crippen LogP contribution < -0.4 is 0 Å². The van der Waals surface area contributed by atoms with E-state index in [0.717, 1.165) is 22.8 Å². The van der Waals surface area contributed by atoms with Gasteiger partial charge in [0.15, 0.2) is 0 Å². The van der Waals surface area contributed by atoms with Gasteiger partial charge in [-0.1, -0.05) is 47.6 Å². The number of aryl methyl sites for hydroxylation is 2. The molecular formula is C29H41N5. The molecule has 0 aliphatic heterocycles. The van der Waals surface area contributed by atoms with E-state index in [1.54, 1.807) is 0 Å². The zero-order valence-electron chi connectivity index (χ0n) is 22.3. The Morgan fingerprint density at radius 1 is 0.706 bits per heavy atom. The molecule has 0 spiro atoms. The Kier molecular flexibility index (Phi) is 5.94. The van der Waals surface area contributed by atoms with Gasteiger partial charge in [-0.15, -0.1) is 0 Å². The van der Waals surface area contributed by atoms with Crippen LogP contribution in [0.15, 0.2) is 18.2 Å². The maximum absolute atomic E-state index is 5.21. The summed E-state index contributed by atoms with van der Waals surface area (Å²) in [6.45, 7) is 14.1. The molecule has 2 aliphatic rings. The lowest BCUT2D eigenvalue weighted by Crippen LogP contribution is -2.19. The van der Waals surface area contributed by atoms with E-state index in [2.05, 4.69) is 83.2 Å². The van der Waals surface area contributed by atoms with Crippen molar-refractivity contribution in [3.63, 3.8) is 0 Å². The van der Waals surface area contributed by atoms with E-state index < -0.39 is 0 Å². The van der Waals surface area contributed by atoms with Crippen LogP contribution in [0.1, 0.15) is 113 Å². The van der Waals surface area contributed by atoms with Crippen LogP contribution in [0.5, 0.6) is 0 Å². The van der Waals surface area contributed by atoms with E-state index in [1.165, 1.54) is 48.2 Å². The van der Waals surface area contributed by atoms with Crippen LogP contribution in [0, 0.1) is 11.8 Å². The highest BCUT2D eigenvalue weighted by Gasteiger charge is 2.35. The van der Waals surface area contributed by atoms with Crippen molar-refractivity contribution in [3.8, 4) is 22.8 Å². The summed E-state index contributed by atoms with van der Waals surface area (Å²) in [5.74, 6) is 3.38. The van der Waals surface area contributed by atoms with Gasteiger partial charge in [0, 0.05) is 48.4 Å². The fourth-order valence-corrected chi connectivity index (χ4v) is 6.75. The first-order valence-corrected chi connectivity index (χ1v) is 13.3. The van der Waals surface area contributed by atoms with Gasteiger partial charge < -0.3 is 0 Å². The largest absolute Gasteiger partial charge is 0.271 e. The summed E-state index contributed by atoms with van der Waals surface area (Å²) in [6.07, 6.45) is 4.92. The van der Waals surface area contributed by atoms with Gasteiger partial charge in [-0.25, -0.2) is 4.98 Å². The molecule has 34 heavy (non-hydrogen) atoms. The topological polar surface area (TPSA) is 48.5 Å². The number of aromatic nitrogens is 5. The molecule has 0 aromatic carbocycles. The molecule has 5 heteroatoms. The normalized spacial score (nSPS) is 24.5. The smallest absolute Gasteiger partial charge is 0.114 e. The van der Waals surface area contributed by atoms with Gasteiger partial charge in [-0.2, -0.15) is 10.2 Å². The molecule has 0 unspecified atom stereocenters. The second-order valence-corrected chi connectivity index (χ2v) is 11.6. The second-order valence-electron chi connectivity index (χ2n) is 11.6. The lowest BCUT2D eigenvalue weighted by atomic mass is 9.75. The summed E-state index contributed by atoms with van der Waals surface area (Å²) >= 11 is 0. The summed E-state index contributed by atoms with van der Waals surface area (Å²) < 4.78 is 4.27. The van der Waals surface area contributed by atoms with Crippen LogP contribution in [-0.2, 0) is 14.1 Å². The van der Waals surface area contributed by atoms with Gasteiger partial charge in [-0.05, 0) is 61.5 Å². The molecule has 0 radical (unpaired) electrons. The van der Waals surface area contributed by atoms with Crippen LogP contribution in [-0.4, -0.2) is 24.5 Å². The average molecular weight is 460 g/mol. The third kappa shape index (κ3) is 3.63. The zero-order valence-corrected chi connectivity index (χ0v) is 22.3. The molecule has 3 aromatic rings. The zero-order chi connectivity index (χ0) is 24.3. The van der Waals surface area contributed by atoms with Crippen molar-refractivity contribution in [1.82, 2.24) is 24.5 Å². The van der Waals surface area contributed by atoms with Gasteiger partial charge in [0.25, 0.3) is 0 Å². The van der Waals surface area contributed by atoms with Crippen molar-refractivity contribution >= 4 is 0 Å². The summed E-state index contributed by atoms with van der Waals surface area (Å²) in [5, 5.41) is 10.1. The minimum atomic E-state index is 0.508. The molecule has 0 saturated heterocycles. The number of pyridine rings is 1.